The number of aliphatic imine (C=N–C) groups is 1. The van der Waals surface area contributed by atoms with Gasteiger partial charge in [-0.15, -0.1) is 0 Å². The number of unbranched alkanes of at least 4 members (excludes halogenated alkanes) is 4. The van der Waals surface area contributed by atoms with Gasteiger partial charge in [0.05, 0.1) is 23.3 Å². The second kappa shape index (κ2) is 7.20. The zero-order valence-corrected chi connectivity index (χ0v) is 12.8. The van der Waals surface area contributed by atoms with Crippen molar-refractivity contribution in [3.8, 4) is 11.5 Å². The highest BCUT2D eigenvalue weighted by Crippen LogP contribution is 2.34. The monoisotopic (exact) mass is 303 g/mol. The van der Waals surface area contributed by atoms with E-state index in [-0.39, 0.29) is 40.5 Å². The molecule has 2 N–H and O–H groups in total. The van der Waals surface area contributed by atoms with Gasteiger partial charge < -0.3 is 10.2 Å². The number of phenolic OH excluding ortho intramolecular Hbond substituents is 2. The summed E-state index contributed by atoms with van der Waals surface area (Å²) in [6, 6.07) is 2.43. The summed E-state index contributed by atoms with van der Waals surface area (Å²) < 4.78 is 0. The van der Waals surface area contributed by atoms with Crippen molar-refractivity contribution in [1.29, 1.82) is 0 Å². The largest absolute Gasteiger partial charge is 0.507 e. The lowest BCUT2D eigenvalue weighted by atomic mass is 9.86. The van der Waals surface area contributed by atoms with Crippen LogP contribution in [0.1, 0.15) is 66.2 Å². The first-order chi connectivity index (χ1) is 10.6. The Morgan fingerprint density at radius 1 is 1.00 bits per heavy atom. The molecule has 0 unspecified atom stereocenters. The molecule has 1 aromatic rings. The molecule has 118 valence electrons. The molecule has 0 spiro atoms. The number of Topliss-reactive ketones (excluding diaryl/α,β-unsaturated/α-hetero) is 2. The Morgan fingerprint density at radius 3 is 2.32 bits per heavy atom. The second-order valence-corrected chi connectivity index (χ2v) is 5.53. The molecule has 0 heterocycles. The first kappa shape index (κ1) is 16.2. The van der Waals surface area contributed by atoms with E-state index < -0.39 is 5.78 Å². The average Bonchev–Trinajstić information content (AvgIpc) is 2.49. The van der Waals surface area contributed by atoms with Gasteiger partial charge in [-0.1, -0.05) is 32.6 Å². The molecule has 1 aliphatic rings. The van der Waals surface area contributed by atoms with Gasteiger partial charge in [-0.3, -0.25) is 14.6 Å². The molecule has 0 saturated heterocycles. The Hall–Kier alpha value is -2.17. The molecular weight excluding hydrogens is 282 g/mol. The molecule has 0 saturated carbocycles. The summed E-state index contributed by atoms with van der Waals surface area (Å²) in [5.74, 6) is -1.41. The van der Waals surface area contributed by atoms with Crippen LogP contribution in [0.5, 0.6) is 11.5 Å². The summed E-state index contributed by atoms with van der Waals surface area (Å²) in [7, 11) is 0. The van der Waals surface area contributed by atoms with Gasteiger partial charge in [-0.2, -0.15) is 0 Å². The summed E-state index contributed by atoms with van der Waals surface area (Å²) in [6.07, 6.45) is 5.32. The van der Waals surface area contributed by atoms with Crippen molar-refractivity contribution in [2.24, 2.45) is 4.99 Å². The van der Waals surface area contributed by atoms with Gasteiger partial charge in [-0.05, 0) is 18.6 Å². The highest BCUT2D eigenvalue weighted by molar-refractivity contribution is 6.53. The van der Waals surface area contributed by atoms with E-state index in [4.69, 9.17) is 0 Å². The number of aromatic hydroxyl groups is 2. The highest BCUT2D eigenvalue weighted by Gasteiger charge is 2.33. The van der Waals surface area contributed by atoms with Gasteiger partial charge in [0.1, 0.15) is 11.5 Å². The van der Waals surface area contributed by atoms with E-state index in [9.17, 15) is 19.8 Å². The van der Waals surface area contributed by atoms with Gasteiger partial charge in [0.25, 0.3) is 0 Å². The molecule has 0 radical (unpaired) electrons. The first-order valence-corrected chi connectivity index (χ1v) is 7.72. The van der Waals surface area contributed by atoms with Crippen molar-refractivity contribution in [2.45, 2.75) is 45.4 Å². The maximum absolute atomic E-state index is 12.3. The van der Waals surface area contributed by atoms with Crippen LogP contribution >= 0.6 is 0 Å². The zero-order valence-electron chi connectivity index (χ0n) is 12.8. The first-order valence-electron chi connectivity index (χ1n) is 7.72. The van der Waals surface area contributed by atoms with Gasteiger partial charge in [0.15, 0.2) is 5.78 Å². The van der Waals surface area contributed by atoms with E-state index in [0.29, 0.717) is 6.54 Å². The van der Waals surface area contributed by atoms with Crippen molar-refractivity contribution in [1.82, 2.24) is 0 Å². The van der Waals surface area contributed by atoms with E-state index in [2.05, 4.69) is 11.9 Å². The van der Waals surface area contributed by atoms with Crippen molar-refractivity contribution < 1.29 is 19.8 Å². The van der Waals surface area contributed by atoms with E-state index in [1.54, 1.807) is 0 Å². The topological polar surface area (TPSA) is 87.0 Å². The normalized spacial score (nSPS) is 16.1. The number of nitrogens with zero attached hydrogens (tertiary/aromatic N) is 1. The Kier molecular flexibility index (Phi) is 5.31. The lowest BCUT2D eigenvalue weighted by Crippen LogP contribution is -2.27. The Bertz CT molecular complexity index is 619. The third-order valence-corrected chi connectivity index (χ3v) is 3.82. The molecule has 0 aliphatic heterocycles. The molecule has 0 aromatic heterocycles. The van der Waals surface area contributed by atoms with Crippen LogP contribution in [-0.2, 0) is 0 Å². The number of benzene rings is 1. The van der Waals surface area contributed by atoms with Gasteiger partial charge in [0, 0.05) is 6.54 Å². The molecule has 2 rings (SSSR count). The van der Waals surface area contributed by atoms with E-state index in [1.165, 1.54) is 25.0 Å². The van der Waals surface area contributed by atoms with Crippen LogP contribution in [0, 0.1) is 0 Å². The number of carbonyl (C=O) groups excluding carboxylic acids is 2. The molecule has 22 heavy (non-hydrogen) atoms. The van der Waals surface area contributed by atoms with Crippen molar-refractivity contribution >= 4 is 17.3 Å². The van der Waals surface area contributed by atoms with Gasteiger partial charge >= 0.3 is 0 Å². The lowest BCUT2D eigenvalue weighted by Gasteiger charge is -2.17. The Morgan fingerprint density at radius 2 is 1.64 bits per heavy atom. The van der Waals surface area contributed by atoms with Crippen LogP contribution in [0.3, 0.4) is 0 Å². The Labute approximate surface area is 129 Å². The fourth-order valence-corrected chi connectivity index (χ4v) is 2.61. The SMILES string of the molecule is CCCCCCCN=C1CC(=O)c2c(O)ccc(O)c2C1=O. The summed E-state index contributed by atoms with van der Waals surface area (Å²) in [5.41, 5.74) is -0.0400. The molecule has 1 aliphatic carbocycles. The minimum Gasteiger partial charge on any atom is -0.507 e. The zero-order chi connectivity index (χ0) is 16.1. The third-order valence-electron chi connectivity index (χ3n) is 3.82. The molecule has 0 atom stereocenters. The van der Waals surface area contributed by atoms with Crippen LogP contribution in [0.2, 0.25) is 0 Å². The summed E-state index contributed by atoms with van der Waals surface area (Å²) >= 11 is 0. The maximum atomic E-state index is 12.3. The second-order valence-electron chi connectivity index (χ2n) is 5.53. The molecule has 0 amide bonds. The number of rotatable bonds is 6. The molecule has 0 fully saturated rings. The number of hydrogen-bond acceptors (Lipinski definition) is 5. The Balaban J connectivity index is 2.12. The van der Waals surface area contributed by atoms with Crippen LogP contribution in [0.4, 0.5) is 0 Å². The molecule has 1 aromatic carbocycles. The predicted molar refractivity (Wildman–Crippen MR) is 84.1 cm³/mol. The number of hydrogen-bond donors (Lipinski definition) is 2. The van der Waals surface area contributed by atoms with Crippen molar-refractivity contribution in [3.05, 3.63) is 23.3 Å². The fourth-order valence-electron chi connectivity index (χ4n) is 2.61. The van der Waals surface area contributed by atoms with Crippen molar-refractivity contribution in [3.63, 3.8) is 0 Å². The summed E-state index contributed by atoms with van der Waals surface area (Å²) in [5, 5.41) is 19.5. The smallest absolute Gasteiger partial charge is 0.211 e. The maximum Gasteiger partial charge on any atom is 0.211 e. The standard InChI is InChI=1S/C17H21NO4/c1-2-3-4-5-6-9-18-11-10-14(21)15-12(19)7-8-13(20)16(15)17(11)22/h7-8,19-20H,2-6,9-10H2,1H3. The number of ketones is 2. The van der Waals surface area contributed by atoms with E-state index in [1.807, 2.05) is 0 Å². The quantitative estimate of drug-likeness (QED) is 0.623. The summed E-state index contributed by atoms with van der Waals surface area (Å²) in [6.45, 7) is 2.65. The number of phenols is 2. The predicted octanol–water partition coefficient (Wildman–Crippen LogP) is 3.28. The minimum atomic E-state index is -0.462. The fraction of sp³-hybridized carbons (Fsp3) is 0.471. The number of carbonyl (C=O) groups is 2. The van der Waals surface area contributed by atoms with Crippen LogP contribution in [-0.4, -0.2) is 34.0 Å². The number of fused-ring (bicyclic) bond motifs is 1. The third kappa shape index (κ3) is 3.35. The minimum absolute atomic E-state index is 0.0908. The molecule has 5 heteroatoms. The molecule has 0 bridgehead atoms. The van der Waals surface area contributed by atoms with Crippen LogP contribution in [0.15, 0.2) is 17.1 Å². The molecule has 5 nitrogen and oxygen atoms in total. The summed E-state index contributed by atoms with van der Waals surface area (Å²) in [4.78, 5) is 28.7. The highest BCUT2D eigenvalue weighted by atomic mass is 16.3. The van der Waals surface area contributed by atoms with Crippen molar-refractivity contribution in [2.75, 3.05) is 6.54 Å². The van der Waals surface area contributed by atoms with E-state index >= 15 is 0 Å². The van der Waals surface area contributed by atoms with Gasteiger partial charge in [-0.25, -0.2) is 0 Å². The van der Waals surface area contributed by atoms with Crippen LogP contribution < -0.4 is 0 Å². The van der Waals surface area contributed by atoms with E-state index in [0.717, 1.165) is 19.3 Å². The van der Waals surface area contributed by atoms with Crippen LogP contribution in [0.25, 0.3) is 0 Å². The van der Waals surface area contributed by atoms with Gasteiger partial charge in [0.2, 0.25) is 5.78 Å². The molecular formula is C17H21NO4. The lowest BCUT2D eigenvalue weighted by molar-refractivity contribution is 0.0960. The average molecular weight is 303 g/mol.